The Kier molecular flexibility index (Phi) is 6.28. The predicted molar refractivity (Wildman–Crippen MR) is 107 cm³/mol. The molecule has 0 fully saturated rings. The van der Waals surface area contributed by atoms with Crippen LogP contribution < -0.4 is 10.2 Å². The first-order chi connectivity index (χ1) is 14.7. The third kappa shape index (κ3) is 5.02. The molecule has 3 aromatic rings. The van der Waals surface area contributed by atoms with Gasteiger partial charge in [0.15, 0.2) is 0 Å². The fraction of sp³-hybridized carbons (Fsp3) is 0.0500. The summed E-state index contributed by atoms with van der Waals surface area (Å²) in [5.74, 6) is -1.50. The van der Waals surface area contributed by atoms with Crippen molar-refractivity contribution >= 4 is 21.7 Å². The van der Waals surface area contributed by atoms with Gasteiger partial charge in [0.1, 0.15) is 11.6 Å². The van der Waals surface area contributed by atoms with Gasteiger partial charge in [-0.1, -0.05) is 24.3 Å². The number of nitro groups is 1. The highest BCUT2D eigenvalue weighted by atomic mass is 32.2. The number of methoxy groups -OCH3 is 1. The summed E-state index contributed by atoms with van der Waals surface area (Å²) in [5, 5.41) is 10.9. The summed E-state index contributed by atoms with van der Waals surface area (Å²) in [7, 11) is -3.18. The maximum absolute atomic E-state index is 13.1. The summed E-state index contributed by atoms with van der Waals surface area (Å²) in [6, 6.07) is 14.3. The minimum absolute atomic E-state index is 0.0117. The van der Waals surface area contributed by atoms with Crippen LogP contribution in [0.25, 0.3) is 11.1 Å². The van der Waals surface area contributed by atoms with Crippen LogP contribution in [0.1, 0.15) is 10.4 Å². The van der Waals surface area contributed by atoms with Gasteiger partial charge in [0, 0.05) is 12.1 Å². The molecule has 0 spiro atoms. The number of carbonyl (C=O) groups excluding carboxylic acids is 1. The monoisotopic (exact) mass is 446 g/mol. The van der Waals surface area contributed by atoms with Gasteiger partial charge in [-0.2, -0.15) is 8.42 Å². The van der Waals surface area contributed by atoms with E-state index >= 15 is 0 Å². The zero-order valence-electron chi connectivity index (χ0n) is 15.9. The second-order valence-electron chi connectivity index (χ2n) is 6.15. The zero-order chi connectivity index (χ0) is 22.6. The maximum atomic E-state index is 13.1. The molecular weight excluding hydrogens is 431 g/mol. The van der Waals surface area contributed by atoms with Crippen LogP contribution in [-0.4, -0.2) is 26.4 Å². The molecule has 1 amide bonds. The van der Waals surface area contributed by atoms with E-state index in [4.69, 9.17) is 4.74 Å². The first-order valence-electron chi connectivity index (χ1n) is 8.63. The minimum atomic E-state index is -4.43. The lowest BCUT2D eigenvalue weighted by molar-refractivity contribution is -0.384. The normalized spacial score (nSPS) is 11.0. The van der Waals surface area contributed by atoms with Crippen molar-refractivity contribution in [1.82, 2.24) is 5.48 Å². The van der Waals surface area contributed by atoms with Crippen molar-refractivity contribution < 1.29 is 31.5 Å². The van der Waals surface area contributed by atoms with Crippen LogP contribution in [0.4, 0.5) is 10.1 Å². The predicted octanol–water partition coefficient (Wildman–Crippen LogP) is 3.46. The number of hydrogen-bond donors (Lipinski definition) is 1. The van der Waals surface area contributed by atoms with Crippen LogP contribution in [0, 0.1) is 15.9 Å². The lowest BCUT2D eigenvalue weighted by atomic mass is 10.1. The Bertz CT molecular complexity index is 1240. The average Bonchev–Trinajstić information content (AvgIpc) is 2.77. The Hall–Kier alpha value is -3.83. The Balaban J connectivity index is 1.81. The lowest BCUT2D eigenvalue weighted by Gasteiger charge is -2.10. The van der Waals surface area contributed by atoms with E-state index < -0.39 is 26.8 Å². The van der Waals surface area contributed by atoms with Crippen LogP contribution in [0.15, 0.2) is 71.6 Å². The lowest BCUT2D eigenvalue weighted by Crippen LogP contribution is -2.27. The molecular formula is C20H15FN2O7S. The van der Waals surface area contributed by atoms with Crippen LogP contribution in [-0.2, 0) is 14.4 Å². The number of amides is 1. The number of ether oxygens (including phenoxy) is 1. The zero-order valence-corrected chi connectivity index (χ0v) is 16.8. The second-order valence-corrected chi connectivity index (χ2v) is 7.69. The molecule has 0 bridgehead atoms. The van der Waals surface area contributed by atoms with Crippen molar-refractivity contribution in [2.75, 3.05) is 7.11 Å². The van der Waals surface area contributed by atoms with E-state index in [0.717, 1.165) is 12.1 Å². The van der Waals surface area contributed by atoms with Gasteiger partial charge in [-0.15, -0.1) is 4.28 Å². The molecule has 0 aromatic heterocycles. The molecule has 0 aliphatic rings. The topological polar surface area (TPSA) is 125 Å². The number of nitrogens with one attached hydrogen (secondary N) is 1. The van der Waals surface area contributed by atoms with Gasteiger partial charge in [-0.25, -0.2) is 9.87 Å². The standard InChI is InChI=1S/C20H15FN2O7S/c1-29-19-10-9-16(23(25)26)12-18(19)20(24)22-30-31(27,28)17-4-2-3-14(11-17)13-5-7-15(21)8-6-13/h2-12H,1H3,(H,22,24). The van der Waals surface area contributed by atoms with Crippen molar-refractivity contribution in [2.45, 2.75) is 4.90 Å². The second kappa shape index (κ2) is 8.90. The molecule has 0 atom stereocenters. The molecule has 11 heteroatoms. The number of rotatable bonds is 7. The van der Waals surface area contributed by atoms with Crippen LogP contribution in [0.5, 0.6) is 5.75 Å². The highest BCUT2D eigenvalue weighted by Gasteiger charge is 2.22. The summed E-state index contributed by atoms with van der Waals surface area (Å²) >= 11 is 0. The minimum Gasteiger partial charge on any atom is -0.496 e. The maximum Gasteiger partial charge on any atom is 0.317 e. The largest absolute Gasteiger partial charge is 0.496 e. The summed E-state index contributed by atoms with van der Waals surface area (Å²) in [5.41, 5.74) is 2.15. The molecule has 31 heavy (non-hydrogen) atoms. The Morgan fingerprint density at radius 2 is 1.74 bits per heavy atom. The van der Waals surface area contributed by atoms with Gasteiger partial charge in [0.2, 0.25) is 0 Å². The van der Waals surface area contributed by atoms with E-state index in [-0.39, 0.29) is 21.9 Å². The fourth-order valence-electron chi connectivity index (χ4n) is 2.66. The quantitative estimate of drug-likeness (QED) is 0.435. The van der Waals surface area contributed by atoms with Crippen molar-refractivity contribution in [2.24, 2.45) is 0 Å². The summed E-state index contributed by atoms with van der Waals surface area (Å²) in [6.45, 7) is 0. The number of hydroxylamine groups is 1. The van der Waals surface area contributed by atoms with Gasteiger partial charge in [0.25, 0.3) is 11.6 Å². The molecule has 3 aromatic carbocycles. The summed E-state index contributed by atoms with van der Waals surface area (Å²) < 4.78 is 47.7. The molecule has 0 saturated carbocycles. The van der Waals surface area contributed by atoms with Gasteiger partial charge in [-0.3, -0.25) is 14.9 Å². The van der Waals surface area contributed by atoms with E-state index in [0.29, 0.717) is 11.1 Å². The third-order valence-corrected chi connectivity index (χ3v) is 5.32. The van der Waals surface area contributed by atoms with Crippen molar-refractivity contribution in [3.05, 3.63) is 88.2 Å². The van der Waals surface area contributed by atoms with Gasteiger partial charge in [-0.05, 0) is 41.5 Å². The van der Waals surface area contributed by atoms with E-state index in [1.165, 1.54) is 55.6 Å². The van der Waals surface area contributed by atoms with Crippen LogP contribution in [0.2, 0.25) is 0 Å². The molecule has 0 aliphatic carbocycles. The molecule has 0 unspecified atom stereocenters. The smallest absolute Gasteiger partial charge is 0.317 e. The number of hydrogen-bond acceptors (Lipinski definition) is 7. The van der Waals surface area contributed by atoms with Crippen LogP contribution in [0.3, 0.4) is 0 Å². The van der Waals surface area contributed by atoms with E-state index in [2.05, 4.69) is 4.28 Å². The highest BCUT2D eigenvalue weighted by Crippen LogP contribution is 2.25. The third-order valence-electron chi connectivity index (χ3n) is 4.18. The fourth-order valence-corrected chi connectivity index (χ4v) is 3.45. The van der Waals surface area contributed by atoms with Crippen LogP contribution >= 0.6 is 0 Å². The van der Waals surface area contributed by atoms with Gasteiger partial charge >= 0.3 is 10.1 Å². The Morgan fingerprint density at radius 3 is 2.39 bits per heavy atom. The highest BCUT2D eigenvalue weighted by molar-refractivity contribution is 7.86. The molecule has 0 radical (unpaired) electrons. The first-order valence-corrected chi connectivity index (χ1v) is 10.0. The van der Waals surface area contributed by atoms with Crippen molar-refractivity contribution in [3.8, 4) is 16.9 Å². The summed E-state index contributed by atoms with van der Waals surface area (Å²) in [4.78, 5) is 22.3. The number of benzene rings is 3. The Morgan fingerprint density at radius 1 is 1.03 bits per heavy atom. The molecule has 1 N–H and O–H groups in total. The van der Waals surface area contributed by atoms with Gasteiger partial charge in [0.05, 0.1) is 22.5 Å². The molecule has 0 aliphatic heterocycles. The molecule has 160 valence electrons. The number of nitro benzene ring substituents is 1. The molecule has 0 heterocycles. The summed E-state index contributed by atoms with van der Waals surface area (Å²) in [6.07, 6.45) is 0. The van der Waals surface area contributed by atoms with Crippen molar-refractivity contribution in [3.63, 3.8) is 0 Å². The molecule has 9 nitrogen and oxygen atoms in total. The number of non-ortho nitro benzene ring substituents is 1. The number of nitrogens with zero attached hydrogens (tertiary/aromatic N) is 1. The average molecular weight is 446 g/mol. The number of carbonyl (C=O) groups is 1. The van der Waals surface area contributed by atoms with E-state index in [1.807, 2.05) is 0 Å². The van der Waals surface area contributed by atoms with Gasteiger partial charge < -0.3 is 4.74 Å². The number of halogens is 1. The van der Waals surface area contributed by atoms with E-state index in [1.54, 1.807) is 11.5 Å². The molecule has 0 saturated heterocycles. The van der Waals surface area contributed by atoms with Crippen molar-refractivity contribution in [1.29, 1.82) is 0 Å². The Labute approximate surface area is 176 Å². The molecule has 3 rings (SSSR count). The SMILES string of the molecule is COc1ccc([N+](=O)[O-])cc1C(=O)NOS(=O)(=O)c1cccc(-c2ccc(F)cc2)c1. The van der Waals surface area contributed by atoms with E-state index in [9.17, 15) is 27.7 Å². The first kappa shape index (κ1) is 21.9.